The highest BCUT2D eigenvalue weighted by Gasteiger charge is 2.21. The van der Waals surface area contributed by atoms with Crippen molar-refractivity contribution < 1.29 is 14.3 Å². The Kier molecular flexibility index (Phi) is 3.82. The molecular weight excluding hydrogens is 220 g/mol. The molecule has 2 N–H and O–H groups in total. The summed E-state index contributed by atoms with van der Waals surface area (Å²) in [4.78, 5) is 12.8. The Morgan fingerprint density at radius 2 is 2.12 bits per heavy atom. The lowest BCUT2D eigenvalue weighted by atomic mass is 10.2. The van der Waals surface area contributed by atoms with Crippen LogP contribution in [0.25, 0.3) is 0 Å². The van der Waals surface area contributed by atoms with Gasteiger partial charge in [0.25, 0.3) is 0 Å². The smallest absolute Gasteiger partial charge is 0.410 e. The summed E-state index contributed by atoms with van der Waals surface area (Å²) < 4.78 is 10.3. The van der Waals surface area contributed by atoms with Crippen LogP contribution in [0.3, 0.4) is 0 Å². The lowest BCUT2D eigenvalue weighted by Crippen LogP contribution is -2.29. The van der Waals surface area contributed by atoms with Crippen molar-refractivity contribution in [3.05, 3.63) is 29.8 Å². The average Bonchev–Trinajstić information content (AvgIpc) is 2.76. The van der Waals surface area contributed by atoms with Crippen LogP contribution >= 0.6 is 0 Å². The number of ether oxygens (including phenoxy) is 2. The number of nitrogens with zero attached hydrogens (tertiary/aromatic N) is 1. The summed E-state index contributed by atoms with van der Waals surface area (Å²) in [7, 11) is 0. The zero-order valence-electron chi connectivity index (χ0n) is 9.59. The number of carbonyl (C=O) groups excluding carboxylic acids is 1. The molecule has 1 heterocycles. The van der Waals surface area contributed by atoms with Crippen LogP contribution in [-0.4, -0.2) is 37.3 Å². The van der Waals surface area contributed by atoms with E-state index in [2.05, 4.69) is 0 Å². The lowest BCUT2D eigenvalue weighted by Gasteiger charge is -2.13. The molecule has 0 radical (unpaired) electrons. The van der Waals surface area contributed by atoms with Crippen molar-refractivity contribution in [2.45, 2.75) is 6.54 Å². The molecule has 1 aliphatic heterocycles. The molecule has 5 heteroatoms. The first-order valence-corrected chi connectivity index (χ1v) is 5.63. The van der Waals surface area contributed by atoms with Crippen LogP contribution in [0, 0.1) is 0 Å². The molecular formula is C12H16N2O3. The number of rotatable bonds is 5. The number of benzene rings is 1. The van der Waals surface area contributed by atoms with Crippen molar-refractivity contribution in [3.63, 3.8) is 0 Å². The van der Waals surface area contributed by atoms with Crippen molar-refractivity contribution in [1.82, 2.24) is 4.90 Å². The van der Waals surface area contributed by atoms with Gasteiger partial charge in [0.2, 0.25) is 0 Å². The number of amides is 1. The highest BCUT2D eigenvalue weighted by molar-refractivity contribution is 5.69. The van der Waals surface area contributed by atoms with Crippen LogP contribution in [-0.2, 0) is 11.3 Å². The molecule has 5 nitrogen and oxygen atoms in total. The Hall–Kier alpha value is -1.75. The van der Waals surface area contributed by atoms with E-state index in [-0.39, 0.29) is 6.09 Å². The maximum atomic E-state index is 11.1. The monoisotopic (exact) mass is 236 g/mol. The molecule has 2 rings (SSSR count). The molecule has 0 aliphatic carbocycles. The van der Waals surface area contributed by atoms with Crippen molar-refractivity contribution in [3.8, 4) is 5.75 Å². The Bertz CT molecular complexity index is 378. The third-order valence-corrected chi connectivity index (χ3v) is 2.63. The summed E-state index contributed by atoms with van der Waals surface area (Å²) in [6.07, 6.45) is -0.257. The summed E-state index contributed by atoms with van der Waals surface area (Å²) >= 11 is 0. The number of nitrogens with two attached hydrogens (primary N) is 1. The molecule has 1 fully saturated rings. The molecule has 0 aromatic heterocycles. The van der Waals surface area contributed by atoms with Crippen LogP contribution in [0.15, 0.2) is 24.3 Å². The van der Waals surface area contributed by atoms with E-state index in [1.807, 2.05) is 24.3 Å². The highest BCUT2D eigenvalue weighted by Crippen LogP contribution is 2.12. The van der Waals surface area contributed by atoms with Gasteiger partial charge in [0.1, 0.15) is 19.0 Å². The van der Waals surface area contributed by atoms with Crippen LogP contribution in [0.1, 0.15) is 5.56 Å². The summed E-state index contributed by atoms with van der Waals surface area (Å²) in [5.41, 5.74) is 6.57. The van der Waals surface area contributed by atoms with E-state index in [4.69, 9.17) is 15.2 Å². The minimum Gasteiger partial charge on any atom is -0.492 e. The van der Waals surface area contributed by atoms with Crippen LogP contribution in [0.2, 0.25) is 0 Å². The number of hydrogen-bond donors (Lipinski definition) is 1. The minimum atomic E-state index is -0.257. The normalized spacial score (nSPS) is 14.9. The van der Waals surface area contributed by atoms with Gasteiger partial charge in [-0.3, -0.25) is 0 Å². The average molecular weight is 236 g/mol. The second kappa shape index (κ2) is 5.54. The van der Waals surface area contributed by atoms with E-state index in [1.54, 1.807) is 4.90 Å². The van der Waals surface area contributed by atoms with Crippen molar-refractivity contribution in [1.29, 1.82) is 0 Å². The third kappa shape index (κ3) is 3.10. The Labute approximate surface area is 100 Å². The summed E-state index contributed by atoms with van der Waals surface area (Å²) in [6, 6.07) is 7.62. The van der Waals surface area contributed by atoms with Crippen molar-refractivity contribution in [2.24, 2.45) is 5.73 Å². The van der Waals surface area contributed by atoms with Gasteiger partial charge in [-0.15, -0.1) is 0 Å². The van der Waals surface area contributed by atoms with Gasteiger partial charge in [0, 0.05) is 6.54 Å². The van der Waals surface area contributed by atoms with E-state index < -0.39 is 0 Å². The fourth-order valence-corrected chi connectivity index (χ4v) is 1.62. The van der Waals surface area contributed by atoms with Gasteiger partial charge in [-0.25, -0.2) is 4.79 Å². The Morgan fingerprint density at radius 3 is 2.71 bits per heavy atom. The summed E-state index contributed by atoms with van der Waals surface area (Å²) in [5, 5.41) is 0. The van der Waals surface area contributed by atoms with E-state index in [9.17, 15) is 4.79 Å². The van der Waals surface area contributed by atoms with E-state index in [1.165, 1.54) is 0 Å². The van der Waals surface area contributed by atoms with Crippen molar-refractivity contribution >= 4 is 6.09 Å². The predicted molar refractivity (Wildman–Crippen MR) is 62.7 cm³/mol. The molecule has 92 valence electrons. The van der Waals surface area contributed by atoms with Crippen LogP contribution in [0.5, 0.6) is 5.75 Å². The quantitative estimate of drug-likeness (QED) is 0.827. The second-order valence-electron chi connectivity index (χ2n) is 3.80. The third-order valence-electron chi connectivity index (χ3n) is 2.63. The van der Waals surface area contributed by atoms with Gasteiger partial charge in [-0.2, -0.15) is 0 Å². The van der Waals surface area contributed by atoms with Crippen LogP contribution in [0.4, 0.5) is 4.79 Å². The maximum absolute atomic E-state index is 11.1. The van der Waals surface area contributed by atoms with E-state index >= 15 is 0 Å². The molecule has 0 saturated carbocycles. The van der Waals surface area contributed by atoms with Gasteiger partial charge in [-0.1, -0.05) is 12.1 Å². The van der Waals surface area contributed by atoms with Crippen molar-refractivity contribution in [2.75, 3.05) is 26.3 Å². The molecule has 17 heavy (non-hydrogen) atoms. The first-order valence-electron chi connectivity index (χ1n) is 5.63. The van der Waals surface area contributed by atoms with Gasteiger partial charge in [-0.05, 0) is 17.7 Å². The Morgan fingerprint density at radius 1 is 1.35 bits per heavy atom. The van der Waals surface area contributed by atoms with E-state index in [0.29, 0.717) is 32.8 Å². The molecule has 1 saturated heterocycles. The van der Waals surface area contributed by atoms with Crippen LogP contribution < -0.4 is 10.5 Å². The number of cyclic esters (lactones) is 1. The molecule has 1 aliphatic rings. The van der Waals surface area contributed by atoms with Gasteiger partial charge in [0.15, 0.2) is 0 Å². The van der Waals surface area contributed by atoms with Gasteiger partial charge in [0.05, 0.1) is 13.1 Å². The fraction of sp³-hybridized carbons (Fsp3) is 0.417. The predicted octanol–water partition coefficient (Wildman–Crippen LogP) is 0.976. The molecule has 1 amide bonds. The number of hydrogen-bond acceptors (Lipinski definition) is 4. The molecule has 0 bridgehead atoms. The second-order valence-corrected chi connectivity index (χ2v) is 3.80. The topological polar surface area (TPSA) is 64.8 Å². The molecule has 0 atom stereocenters. The molecule has 1 aromatic rings. The first kappa shape index (κ1) is 11.7. The number of carbonyl (C=O) groups is 1. The summed E-state index contributed by atoms with van der Waals surface area (Å²) in [5.74, 6) is 0.787. The van der Waals surface area contributed by atoms with Gasteiger partial charge >= 0.3 is 6.09 Å². The first-order chi connectivity index (χ1) is 8.29. The molecule has 1 aromatic carbocycles. The minimum absolute atomic E-state index is 0.257. The highest BCUT2D eigenvalue weighted by atomic mass is 16.6. The zero-order valence-corrected chi connectivity index (χ0v) is 9.59. The lowest BCUT2D eigenvalue weighted by molar-refractivity contribution is 0.153. The fourth-order valence-electron chi connectivity index (χ4n) is 1.62. The Balaban J connectivity index is 1.75. The summed E-state index contributed by atoms with van der Waals surface area (Å²) in [6.45, 7) is 2.67. The molecule has 0 unspecified atom stereocenters. The standard InChI is InChI=1S/C12H16N2O3/c13-9-10-1-3-11(4-2-10)16-7-5-14-6-8-17-12(14)15/h1-4H,5-9,13H2. The van der Waals surface area contributed by atoms with E-state index in [0.717, 1.165) is 11.3 Å². The largest absolute Gasteiger partial charge is 0.492 e. The molecule has 0 spiro atoms. The maximum Gasteiger partial charge on any atom is 0.410 e. The zero-order chi connectivity index (χ0) is 12.1. The SMILES string of the molecule is NCc1ccc(OCCN2CCOC2=O)cc1. The van der Waals surface area contributed by atoms with Gasteiger partial charge < -0.3 is 20.1 Å².